The van der Waals surface area contributed by atoms with E-state index in [9.17, 15) is 4.79 Å². The number of thiophene rings is 1. The number of rotatable bonds is 3. The number of carbonyl (C=O) groups excluding carboxylic acids is 1. The van der Waals surface area contributed by atoms with Gasteiger partial charge in [0.05, 0.1) is 17.6 Å². The van der Waals surface area contributed by atoms with Crippen molar-refractivity contribution in [3.05, 3.63) is 17.3 Å². The van der Waals surface area contributed by atoms with Crippen LogP contribution in [0.5, 0.6) is 0 Å². The van der Waals surface area contributed by atoms with Gasteiger partial charge in [-0.05, 0) is 19.8 Å². The summed E-state index contributed by atoms with van der Waals surface area (Å²) in [6.45, 7) is 4.18. The van der Waals surface area contributed by atoms with Crippen molar-refractivity contribution in [1.29, 1.82) is 0 Å². The number of aromatic nitrogens is 2. The Bertz CT molecular complexity index is 633. The van der Waals surface area contributed by atoms with Gasteiger partial charge in [0.2, 0.25) is 0 Å². The molecule has 0 aliphatic carbocycles. The highest BCUT2D eigenvalue weighted by atomic mass is 32.1. The molecule has 2 aromatic rings. The van der Waals surface area contributed by atoms with E-state index in [2.05, 4.69) is 14.9 Å². The van der Waals surface area contributed by atoms with Gasteiger partial charge in [-0.15, -0.1) is 11.3 Å². The van der Waals surface area contributed by atoms with E-state index in [1.54, 1.807) is 6.33 Å². The molecule has 0 radical (unpaired) electrons. The number of nitrogens with zero attached hydrogens (tertiary/aromatic N) is 3. The summed E-state index contributed by atoms with van der Waals surface area (Å²) in [6.07, 6.45) is 6.46. The van der Waals surface area contributed by atoms with E-state index < -0.39 is 0 Å². The molecule has 0 spiro atoms. The van der Waals surface area contributed by atoms with Gasteiger partial charge in [0.25, 0.3) is 0 Å². The third-order valence-corrected chi connectivity index (χ3v) is 4.64. The van der Waals surface area contributed by atoms with Crippen LogP contribution in [0.2, 0.25) is 0 Å². The van der Waals surface area contributed by atoms with E-state index in [-0.39, 0.29) is 5.97 Å². The van der Waals surface area contributed by atoms with Crippen molar-refractivity contribution in [2.45, 2.75) is 32.6 Å². The van der Waals surface area contributed by atoms with Gasteiger partial charge in [-0.2, -0.15) is 0 Å². The lowest BCUT2D eigenvalue weighted by molar-refractivity contribution is 0.0529. The molecule has 1 fully saturated rings. The number of hydrogen-bond acceptors (Lipinski definition) is 6. The molecule has 1 aliphatic rings. The van der Waals surface area contributed by atoms with E-state index in [0.29, 0.717) is 12.2 Å². The molecule has 2 aromatic heterocycles. The van der Waals surface area contributed by atoms with Crippen molar-refractivity contribution in [1.82, 2.24) is 9.97 Å². The fourth-order valence-electron chi connectivity index (χ4n) is 2.74. The average molecular weight is 305 g/mol. The molecule has 6 heteroatoms. The molecule has 1 aliphatic heterocycles. The number of carbonyl (C=O) groups is 1. The van der Waals surface area contributed by atoms with Crippen LogP contribution < -0.4 is 4.90 Å². The zero-order valence-corrected chi connectivity index (χ0v) is 13.0. The highest BCUT2D eigenvalue weighted by molar-refractivity contribution is 7.17. The molecule has 0 atom stereocenters. The minimum absolute atomic E-state index is 0.283. The van der Waals surface area contributed by atoms with Crippen LogP contribution in [0.1, 0.15) is 43.0 Å². The third kappa shape index (κ3) is 2.85. The van der Waals surface area contributed by atoms with Crippen molar-refractivity contribution >= 4 is 33.3 Å². The summed E-state index contributed by atoms with van der Waals surface area (Å²) in [6, 6.07) is 0. The predicted octanol–water partition coefficient (Wildman–Crippen LogP) is 3.25. The lowest BCUT2D eigenvalue weighted by atomic mass is 10.2. The number of anilines is 1. The van der Waals surface area contributed by atoms with E-state index >= 15 is 0 Å². The Kier molecular flexibility index (Phi) is 4.34. The number of hydrogen-bond donors (Lipinski definition) is 0. The zero-order chi connectivity index (χ0) is 14.7. The molecule has 0 N–H and O–H groups in total. The standard InChI is InChI=1S/C15H19N3O2S/c1-2-20-15(19)11-9-21-14-12(11)13(16-10-17-14)18-7-5-3-4-6-8-18/h9-10H,2-8H2,1H3. The summed E-state index contributed by atoms with van der Waals surface area (Å²) in [7, 11) is 0. The van der Waals surface area contributed by atoms with E-state index in [1.807, 2.05) is 12.3 Å². The van der Waals surface area contributed by atoms with Gasteiger partial charge in [0.15, 0.2) is 0 Å². The summed E-state index contributed by atoms with van der Waals surface area (Å²) < 4.78 is 5.16. The zero-order valence-electron chi connectivity index (χ0n) is 12.2. The maximum Gasteiger partial charge on any atom is 0.339 e. The van der Waals surface area contributed by atoms with Crippen molar-refractivity contribution in [2.75, 3.05) is 24.6 Å². The van der Waals surface area contributed by atoms with E-state index in [0.717, 1.165) is 29.1 Å². The minimum atomic E-state index is -0.283. The summed E-state index contributed by atoms with van der Waals surface area (Å²) >= 11 is 1.47. The highest BCUT2D eigenvalue weighted by Crippen LogP contribution is 2.32. The van der Waals surface area contributed by atoms with Gasteiger partial charge in [-0.25, -0.2) is 14.8 Å². The quantitative estimate of drug-likeness (QED) is 0.815. The van der Waals surface area contributed by atoms with Gasteiger partial charge in [0.1, 0.15) is 17.0 Å². The molecule has 1 saturated heterocycles. The van der Waals surface area contributed by atoms with Crippen molar-refractivity contribution in [2.24, 2.45) is 0 Å². The van der Waals surface area contributed by atoms with Gasteiger partial charge >= 0.3 is 5.97 Å². The molecular weight excluding hydrogens is 286 g/mol. The lowest BCUT2D eigenvalue weighted by Crippen LogP contribution is -2.25. The second-order valence-corrected chi connectivity index (χ2v) is 6.01. The van der Waals surface area contributed by atoms with Gasteiger partial charge in [-0.3, -0.25) is 0 Å². The fourth-order valence-corrected chi connectivity index (χ4v) is 3.61. The molecule has 21 heavy (non-hydrogen) atoms. The summed E-state index contributed by atoms with van der Waals surface area (Å²) in [5, 5.41) is 2.68. The van der Waals surface area contributed by atoms with Crippen molar-refractivity contribution in [3.63, 3.8) is 0 Å². The van der Waals surface area contributed by atoms with Crippen LogP contribution in [0, 0.1) is 0 Å². The van der Waals surface area contributed by atoms with Crippen LogP contribution in [-0.2, 0) is 4.74 Å². The van der Waals surface area contributed by atoms with Gasteiger partial charge in [0, 0.05) is 18.5 Å². The summed E-state index contributed by atoms with van der Waals surface area (Å²) in [5.74, 6) is 0.598. The van der Waals surface area contributed by atoms with Crippen LogP contribution in [0.4, 0.5) is 5.82 Å². The average Bonchev–Trinajstić information content (AvgIpc) is 2.75. The maximum absolute atomic E-state index is 12.1. The molecule has 0 saturated carbocycles. The molecule has 5 nitrogen and oxygen atoms in total. The molecule has 3 heterocycles. The van der Waals surface area contributed by atoms with Crippen LogP contribution in [-0.4, -0.2) is 35.6 Å². The summed E-state index contributed by atoms with van der Waals surface area (Å²) in [4.78, 5) is 24.0. The number of esters is 1. The maximum atomic E-state index is 12.1. The molecule has 3 rings (SSSR count). The van der Waals surface area contributed by atoms with E-state index in [4.69, 9.17) is 4.74 Å². The van der Waals surface area contributed by atoms with Crippen LogP contribution in [0.25, 0.3) is 10.2 Å². The van der Waals surface area contributed by atoms with Gasteiger partial charge in [-0.1, -0.05) is 12.8 Å². The molecule has 0 bridgehead atoms. The Balaban J connectivity index is 2.04. The predicted molar refractivity (Wildman–Crippen MR) is 84.1 cm³/mol. The Hall–Kier alpha value is -1.69. The Labute approximate surface area is 128 Å². The molecular formula is C15H19N3O2S. The summed E-state index contributed by atoms with van der Waals surface area (Å²) in [5.41, 5.74) is 0.594. The highest BCUT2D eigenvalue weighted by Gasteiger charge is 2.21. The van der Waals surface area contributed by atoms with Crippen molar-refractivity contribution in [3.8, 4) is 0 Å². The number of fused-ring (bicyclic) bond motifs is 1. The van der Waals surface area contributed by atoms with Gasteiger partial charge < -0.3 is 9.64 Å². The second kappa shape index (κ2) is 6.39. The second-order valence-electron chi connectivity index (χ2n) is 5.15. The van der Waals surface area contributed by atoms with E-state index in [1.165, 1.54) is 37.0 Å². The van der Waals surface area contributed by atoms with Crippen LogP contribution in [0.3, 0.4) is 0 Å². The largest absolute Gasteiger partial charge is 0.462 e. The minimum Gasteiger partial charge on any atom is -0.462 e. The molecule has 0 unspecified atom stereocenters. The SMILES string of the molecule is CCOC(=O)c1csc2ncnc(N3CCCCCC3)c12. The van der Waals surface area contributed by atoms with Crippen LogP contribution >= 0.6 is 11.3 Å². The fraction of sp³-hybridized carbons (Fsp3) is 0.533. The first-order valence-electron chi connectivity index (χ1n) is 7.45. The van der Waals surface area contributed by atoms with Crippen LogP contribution in [0.15, 0.2) is 11.7 Å². The first-order chi connectivity index (χ1) is 10.3. The smallest absolute Gasteiger partial charge is 0.339 e. The normalized spacial score (nSPS) is 16.0. The first kappa shape index (κ1) is 14.3. The number of ether oxygens (including phenoxy) is 1. The van der Waals surface area contributed by atoms with Crippen molar-refractivity contribution < 1.29 is 9.53 Å². The molecule has 112 valence electrons. The Morgan fingerprint density at radius 3 is 2.76 bits per heavy atom. The Morgan fingerprint density at radius 1 is 1.29 bits per heavy atom. The third-order valence-electron chi connectivity index (χ3n) is 3.75. The monoisotopic (exact) mass is 305 g/mol. The first-order valence-corrected chi connectivity index (χ1v) is 8.33. The molecule has 0 amide bonds. The lowest BCUT2D eigenvalue weighted by Gasteiger charge is -2.22. The topological polar surface area (TPSA) is 55.3 Å². The molecule has 0 aromatic carbocycles. The Morgan fingerprint density at radius 2 is 2.05 bits per heavy atom.